The summed E-state index contributed by atoms with van der Waals surface area (Å²) in [5, 5.41) is 0.612. The number of carbonyl (C=O) groups excluding carboxylic acids is 1. The van der Waals surface area contributed by atoms with E-state index in [0.29, 0.717) is 27.7 Å². The molecule has 0 bridgehead atoms. The highest BCUT2D eigenvalue weighted by atomic mass is 35.5. The SMILES string of the molecule is Cc1oc(-c2ccccc2)cc1C(=O)c1ccc(Cl)cc1. The average molecular weight is 297 g/mol. The van der Waals surface area contributed by atoms with Crippen LogP contribution in [-0.2, 0) is 0 Å². The Morgan fingerprint density at radius 3 is 2.33 bits per heavy atom. The fourth-order valence-corrected chi connectivity index (χ4v) is 2.33. The van der Waals surface area contributed by atoms with Gasteiger partial charge in [-0.25, -0.2) is 0 Å². The zero-order valence-corrected chi connectivity index (χ0v) is 12.2. The van der Waals surface area contributed by atoms with Crippen LogP contribution >= 0.6 is 11.6 Å². The highest BCUT2D eigenvalue weighted by molar-refractivity contribution is 6.30. The summed E-state index contributed by atoms with van der Waals surface area (Å²) in [5.74, 6) is 1.26. The van der Waals surface area contributed by atoms with Gasteiger partial charge in [0, 0.05) is 16.1 Å². The molecule has 104 valence electrons. The molecule has 0 unspecified atom stereocenters. The van der Waals surface area contributed by atoms with Gasteiger partial charge < -0.3 is 4.42 Å². The van der Waals surface area contributed by atoms with E-state index in [2.05, 4.69) is 0 Å². The Morgan fingerprint density at radius 2 is 1.67 bits per heavy atom. The third-order valence-corrected chi connectivity index (χ3v) is 3.58. The van der Waals surface area contributed by atoms with E-state index in [-0.39, 0.29) is 5.78 Å². The lowest BCUT2D eigenvalue weighted by molar-refractivity contribution is 0.103. The maximum atomic E-state index is 12.5. The smallest absolute Gasteiger partial charge is 0.196 e. The topological polar surface area (TPSA) is 30.2 Å². The first kappa shape index (κ1) is 13.7. The number of furan rings is 1. The number of hydrogen-bond donors (Lipinski definition) is 0. The molecule has 3 aromatic rings. The fourth-order valence-electron chi connectivity index (χ4n) is 2.21. The van der Waals surface area contributed by atoms with Crippen molar-refractivity contribution in [2.45, 2.75) is 6.92 Å². The number of aryl methyl sites for hydroxylation is 1. The molecule has 2 nitrogen and oxygen atoms in total. The summed E-state index contributed by atoms with van der Waals surface area (Å²) < 4.78 is 5.72. The fraction of sp³-hybridized carbons (Fsp3) is 0.0556. The van der Waals surface area contributed by atoms with Gasteiger partial charge in [0.15, 0.2) is 5.78 Å². The van der Waals surface area contributed by atoms with Crippen LogP contribution in [0.3, 0.4) is 0 Å². The maximum absolute atomic E-state index is 12.5. The van der Waals surface area contributed by atoms with Gasteiger partial charge in [0.25, 0.3) is 0 Å². The van der Waals surface area contributed by atoms with Gasteiger partial charge >= 0.3 is 0 Å². The Balaban J connectivity index is 1.98. The molecule has 0 amide bonds. The molecule has 0 spiro atoms. The number of benzene rings is 2. The standard InChI is InChI=1S/C18H13ClO2/c1-12-16(18(20)14-7-9-15(19)10-8-14)11-17(21-12)13-5-3-2-4-6-13/h2-11H,1H3. The van der Waals surface area contributed by atoms with Crippen LogP contribution in [0, 0.1) is 6.92 Å². The number of halogens is 1. The van der Waals surface area contributed by atoms with Crippen LogP contribution < -0.4 is 0 Å². The van der Waals surface area contributed by atoms with Gasteiger partial charge in [-0.3, -0.25) is 4.79 Å². The van der Waals surface area contributed by atoms with Gasteiger partial charge in [-0.1, -0.05) is 41.9 Å². The second kappa shape index (κ2) is 5.58. The Hall–Kier alpha value is -2.32. The van der Waals surface area contributed by atoms with Crippen molar-refractivity contribution in [2.24, 2.45) is 0 Å². The van der Waals surface area contributed by atoms with Crippen LogP contribution in [0.15, 0.2) is 65.1 Å². The first-order chi connectivity index (χ1) is 10.1. The molecule has 1 aromatic heterocycles. The number of rotatable bonds is 3. The molecular formula is C18H13ClO2. The summed E-state index contributed by atoms with van der Waals surface area (Å²) in [6, 6.07) is 18.4. The number of hydrogen-bond acceptors (Lipinski definition) is 2. The summed E-state index contributed by atoms with van der Waals surface area (Å²) in [4.78, 5) is 12.5. The van der Waals surface area contributed by atoms with E-state index in [1.165, 1.54) is 0 Å². The molecule has 3 heteroatoms. The lowest BCUT2D eigenvalue weighted by Gasteiger charge is -1.99. The second-order valence-electron chi connectivity index (χ2n) is 4.78. The minimum absolute atomic E-state index is 0.0601. The molecule has 0 radical (unpaired) electrons. The number of ketones is 1. The van der Waals surface area contributed by atoms with Crippen molar-refractivity contribution in [1.29, 1.82) is 0 Å². The van der Waals surface area contributed by atoms with Crippen LogP contribution in [0.5, 0.6) is 0 Å². The normalized spacial score (nSPS) is 10.6. The predicted octanol–water partition coefficient (Wildman–Crippen LogP) is 5.14. The molecule has 0 saturated carbocycles. The lowest BCUT2D eigenvalue weighted by Crippen LogP contribution is -2.00. The first-order valence-electron chi connectivity index (χ1n) is 6.61. The molecule has 0 aliphatic heterocycles. The molecule has 21 heavy (non-hydrogen) atoms. The van der Waals surface area contributed by atoms with E-state index in [1.807, 2.05) is 30.3 Å². The van der Waals surface area contributed by atoms with Crippen LogP contribution in [0.4, 0.5) is 0 Å². The molecule has 0 atom stereocenters. The zero-order chi connectivity index (χ0) is 14.8. The van der Waals surface area contributed by atoms with Crippen molar-refractivity contribution >= 4 is 17.4 Å². The van der Waals surface area contributed by atoms with E-state index in [0.717, 1.165) is 5.56 Å². The van der Waals surface area contributed by atoms with Crippen LogP contribution in [-0.4, -0.2) is 5.78 Å². The monoisotopic (exact) mass is 296 g/mol. The Bertz CT molecular complexity index is 771. The van der Waals surface area contributed by atoms with Crippen LogP contribution in [0.1, 0.15) is 21.7 Å². The van der Waals surface area contributed by atoms with Crippen molar-refractivity contribution in [3.8, 4) is 11.3 Å². The van der Waals surface area contributed by atoms with Gasteiger partial charge in [-0.15, -0.1) is 0 Å². The largest absolute Gasteiger partial charge is 0.461 e. The van der Waals surface area contributed by atoms with E-state index >= 15 is 0 Å². The third kappa shape index (κ3) is 2.76. The molecular weight excluding hydrogens is 284 g/mol. The predicted molar refractivity (Wildman–Crippen MR) is 83.8 cm³/mol. The molecule has 0 fully saturated rings. The van der Waals surface area contributed by atoms with Crippen molar-refractivity contribution in [2.75, 3.05) is 0 Å². The lowest BCUT2D eigenvalue weighted by atomic mass is 10.0. The van der Waals surface area contributed by atoms with E-state index in [4.69, 9.17) is 16.0 Å². The summed E-state index contributed by atoms with van der Waals surface area (Å²) in [5.41, 5.74) is 2.13. The summed E-state index contributed by atoms with van der Waals surface area (Å²) in [6.45, 7) is 1.80. The Labute approximate surface area is 128 Å². The molecule has 0 saturated heterocycles. The highest BCUT2D eigenvalue weighted by Crippen LogP contribution is 2.27. The first-order valence-corrected chi connectivity index (χ1v) is 6.99. The molecule has 2 aromatic carbocycles. The van der Waals surface area contributed by atoms with Gasteiger partial charge in [-0.2, -0.15) is 0 Å². The van der Waals surface area contributed by atoms with Gasteiger partial charge in [-0.05, 0) is 37.3 Å². The Morgan fingerprint density at radius 1 is 1.00 bits per heavy atom. The molecule has 0 aliphatic carbocycles. The molecule has 3 rings (SSSR count). The minimum Gasteiger partial charge on any atom is -0.461 e. The van der Waals surface area contributed by atoms with E-state index < -0.39 is 0 Å². The zero-order valence-electron chi connectivity index (χ0n) is 11.5. The van der Waals surface area contributed by atoms with Crippen LogP contribution in [0.25, 0.3) is 11.3 Å². The average Bonchev–Trinajstić information content (AvgIpc) is 2.90. The third-order valence-electron chi connectivity index (χ3n) is 3.33. The van der Waals surface area contributed by atoms with E-state index in [9.17, 15) is 4.79 Å². The van der Waals surface area contributed by atoms with Crippen molar-refractivity contribution in [1.82, 2.24) is 0 Å². The number of carbonyl (C=O) groups is 1. The molecule has 0 N–H and O–H groups in total. The van der Waals surface area contributed by atoms with Crippen LogP contribution in [0.2, 0.25) is 5.02 Å². The summed E-state index contributed by atoms with van der Waals surface area (Å²) in [7, 11) is 0. The van der Waals surface area contributed by atoms with Crippen molar-refractivity contribution < 1.29 is 9.21 Å². The molecule has 1 heterocycles. The highest BCUT2D eigenvalue weighted by Gasteiger charge is 2.17. The van der Waals surface area contributed by atoms with Crippen molar-refractivity contribution in [3.63, 3.8) is 0 Å². The summed E-state index contributed by atoms with van der Waals surface area (Å²) in [6.07, 6.45) is 0. The summed E-state index contributed by atoms with van der Waals surface area (Å²) >= 11 is 5.85. The maximum Gasteiger partial charge on any atom is 0.196 e. The van der Waals surface area contributed by atoms with Gasteiger partial charge in [0.05, 0.1) is 5.56 Å². The molecule has 0 aliphatic rings. The second-order valence-corrected chi connectivity index (χ2v) is 5.22. The van der Waals surface area contributed by atoms with Gasteiger partial charge in [0.1, 0.15) is 11.5 Å². The Kier molecular flexibility index (Phi) is 3.63. The quantitative estimate of drug-likeness (QED) is 0.626. The van der Waals surface area contributed by atoms with Gasteiger partial charge in [0.2, 0.25) is 0 Å². The van der Waals surface area contributed by atoms with Crippen molar-refractivity contribution in [3.05, 3.63) is 82.6 Å². The van der Waals surface area contributed by atoms with E-state index in [1.54, 1.807) is 37.3 Å². The minimum atomic E-state index is -0.0601.